The van der Waals surface area contributed by atoms with Crippen molar-refractivity contribution in [2.24, 2.45) is 4.99 Å². The van der Waals surface area contributed by atoms with Gasteiger partial charge in [0.15, 0.2) is 0 Å². The van der Waals surface area contributed by atoms with Crippen molar-refractivity contribution in [1.82, 2.24) is 0 Å². The molecule has 0 bridgehead atoms. The number of hydrogen-bond acceptors (Lipinski definition) is 3. The van der Waals surface area contributed by atoms with Gasteiger partial charge in [-0.1, -0.05) is 0 Å². The number of rotatable bonds is 8. The van der Waals surface area contributed by atoms with E-state index in [9.17, 15) is 0 Å². The Bertz CT molecular complexity index is 1320. The molecule has 0 aliphatic heterocycles. The fourth-order valence-corrected chi connectivity index (χ4v) is 7.34. The molecule has 0 atom stereocenters. The number of aliphatic imine (C=N–C) groups is 1. The topological polar surface area (TPSA) is 30.8 Å². The SMILES string of the molecule is COc1ccccc1-c1ccccc1N=Cc1cccc(C(C)(C)c2ccccc2)c1[O][Tl]([CH3])[Cl]. The molecule has 0 radical (unpaired) electrons. The van der Waals surface area contributed by atoms with E-state index in [-0.39, 0.29) is 5.41 Å². The predicted octanol–water partition coefficient (Wildman–Crippen LogP) is 8.17. The van der Waals surface area contributed by atoms with Crippen LogP contribution in [0.3, 0.4) is 0 Å². The molecule has 0 aliphatic rings. The Morgan fingerprint density at radius 1 is 0.800 bits per heavy atom. The van der Waals surface area contributed by atoms with Gasteiger partial charge in [-0.2, -0.15) is 0 Å². The molecule has 0 aromatic heterocycles. The second kappa shape index (κ2) is 11.4. The Morgan fingerprint density at radius 2 is 1.46 bits per heavy atom. The van der Waals surface area contributed by atoms with Gasteiger partial charge >= 0.3 is 222 Å². The van der Waals surface area contributed by atoms with E-state index in [4.69, 9.17) is 20.7 Å². The van der Waals surface area contributed by atoms with E-state index in [0.717, 1.165) is 39.4 Å². The molecule has 176 valence electrons. The van der Waals surface area contributed by atoms with Gasteiger partial charge in [0.05, 0.1) is 0 Å². The molecule has 5 heteroatoms. The van der Waals surface area contributed by atoms with E-state index in [1.807, 2.05) is 59.2 Å². The van der Waals surface area contributed by atoms with Gasteiger partial charge < -0.3 is 0 Å². The Kier molecular flexibility index (Phi) is 8.29. The average molecular weight is 675 g/mol. The van der Waals surface area contributed by atoms with Crippen molar-refractivity contribution in [3.05, 3.63) is 114 Å². The van der Waals surface area contributed by atoms with Gasteiger partial charge in [-0.3, -0.25) is 0 Å². The molecule has 0 saturated carbocycles. The molecule has 0 N–H and O–H groups in total. The van der Waals surface area contributed by atoms with E-state index < -0.39 is 21.9 Å². The third-order valence-corrected chi connectivity index (χ3v) is 9.10. The Morgan fingerprint density at radius 3 is 2.17 bits per heavy atom. The summed E-state index contributed by atoms with van der Waals surface area (Å²) in [5, 5.41) is 0. The van der Waals surface area contributed by atoms with Crippen LogP contribution in [0.15, 0.2) is 102 Å². The summed E-state index contributed by atoms with van der Waals surface area (Å²) in [6.07, 6.45) is 1.89. The van der Waals surface area contributed by atoms with Crippen molar-refractivity contribution in [1.29, 1.82) is 0 Å². The van der Waals surface area contributed by atoms with E-state index in [1.54, 1.807) is 7.11 Å². The number of ether oxygens (including phenoxy) is 1. The zero-order valence-corrected chi connectivity index (χ0v) is 25.8. The monoisotopic (exact) mass is 675 g/mol. The molecule has 0 saturated heterocycles. The zero-order valence-electron chi connectivity index (χ0n) is 20.5. The summed E-state index contributed by atoms with van der Waals surface area (Å²) in [6.45, 7) is 4.44. The zero-order chi connectivity index (χ0) is 24.8. The van der Waals surface area contributed by atoms with Gasteiger partial charge in [0.25, 0.3) is 0 Å². The fourth-order valence-electron chi connectivity index (χ4n) is 4.27. The summed E-state index contributed by atoms with van der Waals surface area (Å²) in [5.74, 6) is 1.65. The minimum absolute atomic E-state index is 0.255. The first-order valence-corrected chi connectivity index (χ1v) is 23.5. The van der Waals surface area contributed by atoms with Gasteiger partial charge in [-0.15, -0.1) is 0 Å². The van der Waals surface area contributed by atoms with Crippen molar-refractivity contribution < 1.29 is 7.42 Å². The van der Waals surface area contributed by atoms with E-state index in [2.05, 4.69) is 62.4 Å². The summed E-state index contributed by atoms with van der Waals surface area (Å²) >= 11 is -2.74. The van der Waals surface area contributed by atoms with Gasteiger partial charge in [0.2, 0.25) is 0 Å². The number of halogens is 1. The van der Waals surface area contributed by atoms with E-state index >= 15 is 0 Å². The van der Waals surface area contributed by atoms with Crippen LogP contribution in [0.25, 0.3) is 11.1 Å². The van der Waals surface area contributed by atoms with Gasteiger partial charge in [0.1, 0.15) is 0 Å². The van der Waals surface area contributed by atoms with Crippen LogP contribution in [0.5, 0.6) is 11.5 Å². The van der Waals surface area contributed by atoms with Crippen LogP contribution < -0.4 is 7.42 Å². The molecule has 4 aromatic carbocycles. The van der Waals surface area contributed by atoms with Crippen LogP contribution in [0.2, 0.25) is 4.48 Å². The molecule has 0 spiro atoms. The van der Waals surface area contributed by atoms with Crippen molar-refractivity contribution in [3.8, 4) is 22.6 Å². The molecule has 4 aromatic rings. The molecule has 35 heavy (non-hydrogen) atoms. The molecular formula is C30H29ClNO2Tl. The van der Waals surface area contributed by atoms with E-state index in [1.165, 1.54) is 5.56 Å². The number of para-hydroxylation sites is 3. The first-order chi connectivity index (χ1) is 16.9. The summed E-state index contributed by atoms with van der Waals surface area (Å²) in [6, 6.07) is 32.8. The minimum atomic E-state index is -2.74. The van der Waals surface area contributed by atoms with Gasteiger partial charge in [0, 0.05) is 0 Å². The quantitative estimate of drug-likeness (QED) is 0.139. The van der Waals surface area contributed by atoms with Crippen molar-refractivity contribution in [2.45, 2.75) is 23.7 Å². The third kappa shape index (κ3) is 5.79. The van der Waals surface area contributed by atoms with Gasteiger partial charge in [-0.25, -0.2) is 0 Å². The summed E-state index contributed by atoms with van der Waals surface area (Å²) in [4.78, 5) is 4.91. The van der Waals surface area contributed by atoms with E-state index in [0.29, 0.717) is 0 Å². The van der Waals surface area contributed by atoms with Crippen LogP contribution in [0, 0.1) is 0 Å². The Hall–Kier alpha value is -2.64. The van der Waals surface area contributed by atoms with Crippen LogP contribution >= 0.6 is 8.32 Å². The first kappa shape index (κ1) is 25.5. The summed E-state index contributed by atoms with van der Waals surface area (Å²) < 4.78 is 14.0. The third-order valence-electron chi connectivity index (χ3n) is 6.14. The van der Waals surface area contributed by atoms with Crippen LogP contribution in [0.4, 0.5) is 5.69 Å². The molecule has 0 amide bonds. The van der Waals surface area contributed by atoms with Crippen LogP contribution in [-0.4, -0.2) is 35.3 Å². The van der Waals surface area contributed by atoms with Crippen molar-refractivity contribution >= 4 is 42.2 Å². The second-order valence-electron chi connectivity index (χ2n) is 8.85. The molecule has 0 aliphatic carbocycles. The van der Waals surface area contributed by atoms with Crippen molar-refractivity contribution in [2.75, 3.05) is 7.11 Å². The van der Waals surface area contributed by atoms with Crippen LogP contribution in [0.1, 0.15) is 30.5 Å². The molecule has 0 heterocycles. The summed E-state index contributed by atoms with van der Waals surface area (Å²) in [7, 11) is 8.24. The maximum absolute atomic E-state index is 6.55. The predicted molar refractivity (Wildman–Crippen MR) is 149 cm³/mol. The first-order valence-electron chi connectivity index (χ1n) is 11.7. The molecule has 0 unspecified atom stereocenters. The number of hydrogen-bond donors (Lipinski definition) is 0. The number of nitrogens with zero attached hydrogens (tertiary/aromatic N) is 1. The fraction of sp³-hybridized carbons (Fsp3) is 0.167. The Balaban J connectivity index is 1.80. The van der Waals surface area contributed by atoms with Crippen molar-refractivity contribution in [3.63, 3.8) is 0 Å². The average Bonchev–Trinajstić information content (AvgIpc) is 2.88. The normalized spacial score (nSPS) is 11.5. The Labute approximate surface area is 220 Å². The standard InChI is InChI=1S/C29H27NO2.CH3.ClH.Tl/c1-29(2,22-13-5-4-6-14-22)25-17-11-12-21(28(25)31)20-30-26-18-9-7-15-23(26)24-16-8-10-19-27(24)32-3;;;/h4-20,31H,1-3H3;1H3;1H;/q;;;+2/p-2. The maximum atomic E-state index is 6.55. The molecular weight excluding hydrogens is 646 g/mol. The number of methoxy groups -OCH3 is 1. The number of benzene rings is 4. The molecule has 0 fully saturated rings. The molecule has 4 rings (SSSR count). The van der Waals surface area contributed by atoms with Gasteiger partial charge in [-0.05, 0) is 0 Å². The second-order valence-corrected chi connectivity index (χ2v) is 19.4. The summed E-state index contributed by atoms with van der Waals surface area (Å²) in [5.41, 5.74) is 5.88. The van der Waals surface area contributed by atoms with Crippen LogP contribution in [-0.2, 0) is 5.41 Å². The molecule has 3 nitrogen and oxygen atoms in total.